The summed E-state index contributed by atoms with van der Waals surface area (Å²) in [6, 6.07) is 13.2. The van der Waals surface area contributed by atoms with Gasteiger partial charge in [-0.3, -0.25) is 9.59 Å². The van der Waals surface area contributed by atoms with Gasteiger partial charge in [-0.05, 0) is 86.7 Å². The van der Waals surface area contributed by atoms with E-state index in [9.17, 15) is 9.59 Å². The number of methoxy groups -OCH3 is 1. The Hall–Kier alpha value is -3.12. The lowest BCUT2D eigenvalue weighted by molar-refractivity contribution is -0.140. The van der Waals surface area contributed by atoms with Crippen LogP contribution in [-0.2, 0) is 22.4 Å². The van der Waals surface area contributed by atoms with Crippen molar-refractivity contribution in [3.8, 4) is 5.69 Å². The summed E-state index contributed by atoms with van der Waals surface area (Å²) < 4.78 is 6.60. The molecule has 0 spiro atoms. The number of rotatable bonds is 5. The van der Waals surface area contributed by atoms with E-state index in [4.69, 9.17) is 16.3 Å². The van der Waals surface area contributed by atoms with Crippen molar-refractivity contribution >= 4 is 29.2 Å². The van der Waals surface area contributed by atoms with Gasteiger partial charge in [-0.2, -0.15) is 5.10 Å². The zero-order chi connectivity index (χ0) is 22.8. The first-order valence-corrected chi connectivity index (χ1v) is 11.1. The van der Waals surface area contributed by atoms with Crippen LogP contribution >= 0.6 is 11.6 Å². The first kappa shape index (κ1) is 22.1. The summed E-state index contributed by atoms with van der Waals surface area (Å²) >= 11 is 6.13. The summed E-state index contributed by atoms with van der Waals surface area (Å²) in [5.74, 6) is -0.257. The Morgan fingerprint density at radius 3 is 2.59 bits per heavy atom. The van der Waals surface area contributed by atoms with Crippen LogP contribution in [-0.4, -0.2) is 35.3 Å². The first-order valence-electron chi connectivity index (χ1n) is 10.7. The van der Waals surface area contributed by atoms with Crippen molar-refractivity contribution < 1.29 is 14.3 Å². The maximum absolute atomic E-state index is 13.2. The van der Waals surface area contributed by atoms with Gasteiger partial charge < -0.3 is 9.64 Å². The molecule has 0 bridgehead atoms. The summed E-state index contributed by atoms with van der Waals surface area (Å²) in [5, 5.41) is 5.34. The van der Waals surface area contributed by atoms with Crippen molar-refractivity contribution in [2.45, 2.75) is 39.5 Å². The van der Waals surface area contributed by atoms with E-state index in [-0.39, 0.29) is 11.9 Å². The number of halogens is 1. The van der Waals surface area contributed by atoms with Crippen LogP contribution in [0.4, 0.5) is 5.69 Å². The van der Waals surface area contributed by atoms with Crippen LogP contribution in [0.25, 0.3) is 5.69 Å². The average Bonchev–Trinajstić information content (AvgIpc) is 3.09. The fourth-order valence-corrected chi connectivity index (χ4v) is 4.49. The Morgan fingerprint density at radius 1 is 1.12 bits per heavy atom. The third-order valence-electron chi connectivity index (χ3n) is 6.01. The summed E-state index contributed by atoms with van der Waals surface area (Å²) in [6.45, 7) is 4.62. The quantitative estimate of drug-likeness (QED) is 0.520. The van der Waals surface area contributed by atoms with Crippen molar-refractivity contribution in [3.05, 3.63) is 75.6 Å². The van der Waals surface area contributed by atoms with Crippen molar-refractivity contribution in [2.75, 3.05) is 18.6 Å². The highest BCUT2D eigenvalue weighted by Crippen LogP contribution is 2.31. The molecule has 1 aliphatic rings. The topological polar surface area (TPSA) is 64.4 Å². The Kier molecular flexibility index (Phi) is 6.33. The van der Waals surface area contributed by atoms with Crippen LogP contribution in [0.2, 0.25) is 5.02 Å². The fourth-order valence-electron chi connectivity index (χ4n) is 4.30. The second kappa shape index (κ2) is 9.17. The Balaban J connectivity index is 1.56. The number of amides is 1. The van der Waals surface area contributed by atoms with Gasteiger partial charge in [-0.15, -0.1) is 0 Å². The maximum atomic E-state index is 13.2. The minimum Gasteiger partial charge on any atom is -0.469 e. The Bertz CT molecular complexity index is 1170. The summed E-state index contributed by atoms with van der Waals surface area (Å²) in [7, 11) is 1.39. The molecule has 1 aliphatic heterocycles. The lowest BCUT2D eigenvalue weighted by Crippen LogP contribution is -2.35. The van der Waals surface area contributed by atoms with Gasteiger partial charge in [0.1, 0.15) is 0 Å². The Labute approximate surface area is 192 Å². The molecule has 0 saturated carbocycles. The van der Waals surface area contributed by atoms with E-state index in [1.54, 1.807) is 0 Å². The van der Waals surface area contributed by atoms with Crippen LogP contribution in [0.5, 0.6) is 0 Å². The van der Waals surface area contributed by atoms with E-state index in [1.165, 1.54) is 7.11 Å². The molecule has 4 rings (SSSR count). The van der Waals surface area contributed by atoms with Gasteiger partial charge in [0.2, 0.25) is 0 Å². The van der Waals surface area contributed by atoms with Gasteiger partial charge in [0.15, 0.2) is 0 Å². The van der Waals surface area contributed by atoms with Gasteiger partial charge in [-0.25, -0.2) is 4.68 Å². The highest BCUT2D eigenvalue weighted by Gasteiger charge is 2.24. The highest BCUT2D eigenvalue weighted by molar-refractivity contribution is 6.30. The number of hydrogen-bond donors (Lipinski definition) is 0. The van der Waals surface area contributed by atoms with E-state index in [0.29, 0.717) is 30.0 Å². The molecule has 0 aliphatic carbocycles. The number of esters is 1. The van der Waals surface area contributed by atoms with Crippen molar-refractivity contribution in [1.82, 2.24) is 9.78 Å². The number of fused-ring (bicyclic) bond motifs is 1. The molecule has 0 saturated heterocycles. The lowest BCUT2D eigenvalue weighted by Gasteiger charge is -2.29. The lowest BCUT2D eigenvalue weighted by atomic mass is 10.0. The van der Waals surface area contributed by atoms with E-state index in [0.717, 1.165) is 46.7 Å². The molecule has 0 unspecified atom stereocenters. The average molecular weight is 452 g/mol. The molecule has 6 nitrogen and oxygen atoms in total. The number of aromatic nitrogens is 2. The molecule has 0 radical (unpaired) electrons. The van der Waals surface area contributed by atoms with Gasteiger partial charge >= 0.3 is 5.97 Å². The molecule has 2 aromatic carbocycles. The fraction of sp³-hybridized carbons (Fsp3) is 0.320. The molecule has 1 amide bonds. The molecule has 32 heavy (non-hydrogen) atoms. The van der Waals surface area contributed by atoms with Gasteiger partial charge in [0.25, 0.3) is 5.91 Å². The number of carbonyl (C=O) groups excluding carboxylic acids is 2. The van der Waals surface area contributed by atoms with Crippen molar-refractivity contribution in [3.63, 3.8) is 0 Å². The van der Waals surface area contributed by atoms with Gasteiger partial charge in [0, 0.05) is 34.9 Å². The van der Waals surface area contributed by atoms with E-state index >= 15 is 0 Å². The van der Waals surface area contributed by atoms with Crippen LogP contribution in [0.1, 0.15) is 45.7 Å². The van der Waals surface area contributed by atoms with Crippen LogP contribution in [0.15, 0.2) is 42.5 Å². The summed E-state index contributed by atoms with van der Waals surface area (Å²) in [5.41, 5.74) is 6.45. The minimum absolute atomic E-state index is 0.0213. The molecular weight excluding hydrogens is 426 g/mol. The first-order chi connectivity index (χ1) is 15.4. The molecule has 166 valence electrons. The molecule has 0 N–H and O–H groups in total. The van der Waals surface area contributed by atoms with Crippen LogP contribution in [0, 0.1) is 13.8 Å². The van der Waals surface area contributed by atoms with Crippen LogP contribution in [0.3, 0.4) is 0 Å². The number of carbonyl (C=O) groups is 2. The third-order valence-corrected chi connectivity index (χ3v) is 6.25. The predicted molar refractivity (Wildman–Crippen MR) is 125 cm³/mol. The second-order valence-electron chi connectivity index (χ2n) is 8.02. The standard InChI is InChI=1S/C25H26ClN3O3/c1-16-22(11-13-24(30)32-3)17(2)29(27-16)21-9-6-18(7-10-21)25(31)28-14-4-5-19-15-20(26)8-12-23(19)28/h6-10,12,15H,4-5,11,13-14H2,1-3H3. The smallest absolute Gasteiger partial charge is 0.305 e. The molecule has 3 aromatic rings. The third kappa shape index (κ3) is 4.28. The molecular formula is C25H26ClN3O3. The van der Waals surface area contributed by atoms with Crippen LogP contribution < -0.4 is 4.90 Å². The Morgan fingerprint density at radius 2 is 1.88 bits per heavy atom. The number of aryl methyl sites for hydroxylation is 2. The monoisotopic (exact) mass is 451 g/mol. The maximum Gasteiger partial charge on any atom is 0.305 e. The zero-order valence-corrected chi connectivity index (χ0v) is 19.3. The number of hydrogen-bond acceptors (Lipinski definition) is 4. The minimum atomic E-state index is -0.235. The molecule has 2 heterocycles. The van der Waals surface area contributed by atoms with E-state index in [2.05, 4.69) is 5.10 Å². The largest absolute Gasteiger partial charge is 0.469 e. The van der Waals surface area contributed by atoms with Gasteiger partial charge in [0.05, 0.1) is 18.5 Å². The molecule has 0 fully saturated rings. The number of nitrogens with zero attached hydrogens (tertiary/aromatic N) is 3. The number of benzene rings is 2. The van der Waals surface area contributed by atoms with E-state index < -0.39 is 0 Å². The van der Waals surface area contributed by atoms with Crippen molar-refractivity contribution in [2.24, 2.45) is 0 Å². The normalized spacial score (nSPS) is 13.1. The summed E-state index contributed by atoms with van der Waals surface area (Å²) in [4.78, 5) is 26.6. The molecule has 0 atom stereocenters. The summed E-state index contributed by atoms with van der Waals surface area (Å²) in [6.07, 6.45) is 2.74. The predicted octanol–water partition coefficient (Wildman–Crippen LogP) is 4.84. The highest BCUT2D eigenvalue weighted by atomic mass is 35.5. The SMILES string of the molecule is COC(=O)CCc1c(C)nn(-c2ccc(C(=O)N3CCCc4cc(Cl)ccc43)cc2)c1C. The molecule has 1 aromatic heterocycles. The van der Waals surface area contributed by atoms with Gasteiger partial charge in [-0.1, -0.05) is 11.6 Å². The van der Waals surface area contributed by atoms with Crippen molar-refractivity contribution in [1.29, 1.82) is 0 Å². The molecule has 7 heteroatoms. The second-order valence-corrected chi connectivity index (χ2v) is 8.45. The number of anilines is 1. The zero-order valence-electron chi connectivity index (χ0n) is 18.5. The van der Waals surface area contributed by atoms with E-state index in [1.807, 2.05) is 65.9 Å². The number of ether oxygens (including phenoxy) is 1.